The van der Waals surface area contributed by atoms with E-state index >= 15 is 0 Å². The van der Waals surface area contributed by atoms with E-state index in [4.69, 9.17) is 0 Å². The highest BCUT2D eigenvalue weighted by atomic mass is 79.9. The number of hydrogen-bond donors (Lipinski definition) is 0. The molecular formula is C15H26BrN. The first-order chi connectivity index (χ1) is 7.64. The van der Waals surface area contributed by atoms with Gasteiger partial charge in [-0.3, -0.25) is 0 Å². The molecule has 98 valence electrons. The van der Waals surface area contributed by atoms with E-state index in [9.17, 15) is 0 Å². The van der Waals surface area contributed by atoms with Gasteiger partial charge in [-0.1, -0.05) is 37.3 Å². The highest BCUT2D eigenvalue weighted by molar-refractivity contribution is 5.14. The smallest absolute Gasteiger partial charge is 0.0782 e. The summed E-state index contributed by atoms with van der Waals surface area (Å²) in [6.07, 6.45) is 5.16. The summed E-state index contributed by atoms with van der Waals surface area (Å²) in [7, 11) is 4.68. The van der Waals surface area contributed by atoms with Crippen LogP contribution in [0.3, 0.4) is 0 Å². The molecule has 0 aliphatic rings. The van der Waals surface area contributed by atoms with Crippen molar-refractivity contribution < 1.29 is 21.5 Å². The van der Waals surface area contributed by atoms with E-state index in [1.807, 2.05) is 0 Å². The first-order valence-electron chi connectivity index (χ1n) is 6.50. The van der Waals surface area contributed by atoms with Gasteiger partial charge in [0.2, 0.25) is 0 Å². The summed E-state index contributed by atoms with van der Waals surface area (Å²) >= 11 is 0. The highest BCUT2D eigenvalue weighted by Gasteiger charge is 2.11. The van der Waals surface area contributed by atoms with Crippen LogP contribution in [0.25, 0.3) is 0 Å². The van der Waals surface area contributed by atoms with Crippen molar-refractivity contribution in [1.82, 2.24) is 0 Å². The van der Waals surface area contributed by atoms with Crippen molar-refractivity contribution in [3.8, 4) is 0 Å². The standard InChI is InChI=1S/C15H26N.BrH/c1-4-13-16(2,3)14-9-8-12-15-10-6-5-7-11-15;/h5-7,10-11H,4,8-9,12-14H2,1-3H3;1H/q+1;/p-1. The van der Waals surface area contributed by atoms with Gasteiger partial charge in [0.05, 0.1) is 27.2 Å². The maximum absolute atomic E-state index is 2.34. The summed E-state index contributed by atoms with van der Waals surface area (Å²) in [4.78, 5) is 0. The Labute approximate surface area is 117 Å². The monoisotopic (exact) mass is 299 g/mol. The Hall–Kier alpha value is -0.340. The molecule has 0 saturated heterocycles. The van der Waals surface area contributed by atoms with Crippen LogP contribution in [-0.4, -0.2) is 31.7 Å². The Morgan fingerprint density at radius 2 is 1.59 bits per heavy atom. The van der Waals surface area contributed by atoms with E-state index in [1.165, 1.54) is 48.8 Å². The van der Waals surface area contributed by atoms with Crippen LogP contribution >= 0.6 is 0 Å². The first kappa shape index (κ1) is 16.7. The van der Waals surface area contributed by atoms with E-state index < -0.39 is 0 Å². The van der Waals surface area contributed by atoms with Gasteiger partial charge in [-0.25, -0.2) is 0 Å². The molecule has 2 heteroatoms. The van der Waals surface area contributed by atoms with E-state index in [0.29, 0.717) is 0 Å². The molecule has 1 aromatic carbocycles. The van der Waals surface area contributed by atoms with E-state index in [2.05, 4.69) is 51.4 Å². The van der Waals surface area contributed by atoms with Gasteiger partial charge in [-0.15, -0.1) is 0 Å². The van der Waals surface area contributed by atoms with Crippen LogP contribution in [0.2, 0.25) is 0 Å². The second-order valence-corrected chi connectivity index (χ2v) is 5.33. The van der Waals surface area contributed by atoms with Gasteiger partial charge in [0.1, 0.15) is 0 Å². The lowest BCUT2D eigenvalue weighted by atomic mass is 10.1. The molecule has 0 unspecified atom stereocenters. The molecule has 0 fully saturated rings. The number of benzene rings is 1. The zero-order chi connectivity index (χ0) is 11.9. The van der Waals surface area contributed by atoms with Gasteiger partial charge in [0, 0.05) is 0 Å². The number of hydrogen-bond acceptors (Lipinski definition) is 0. The normalized spacial score (nSPS) is 11.0. The van der Waals surface area contributed by atoms with Crippen LogP contribution < -0.4 is 17.0 Å². The zero-order valence-electron chi connectivity index (χ0n) is 11.5. The Bertz CT molecular complexity index is 282. The topological polar surface area (TPSA) is 0 Å². The molecule has 0 heterocycles. The molecule has 0 saturated carbocycles. The van der Waals surface area contributed by atoms with Crippen LogP contribution in [-0.2, 0) is 6.42 Å². The summed E-state index contributed by atoms with van der Waals surface area (Å²) in [6, 6.07) is 10.8. The Morgan fingerprint density at radius 1 is 0.941 bits per heavy atom. The SMILES string of the molecule is CCC[N+](C)(C)CCCCc1ccccc1.[Br-]. The van der Waals surface area contributed by atoms with E-state index in [0.717, 1.165) is 0 Å². The maximum Gasteiger partial charge on any atom is 0.0782 e. The van der Waals surface area contributed by atoms with E-state index in [1.54, 1.807) is 0 Å². The third-order valence-electron chi connectivity index (χ3n) is 3.15. The van der Waals surface area contributed by atoms with Gasteiger partial charge >= 0.3 is 0 Å². The second-order valence-electron chi connectivity index (χ2n) is 5.33. The fourth-order valence-electron chi connectivity index (χ4n) is 2.23. The fourth-order valence-corrected chi connectivity index (χ4v) is 2.23. The average molecular weight is 300 g/mol. The van der Waals surface area contributed by atoms with Crippen molar-refractivity contribution in [1.29, 1.82) is 0 Å². The minimum absolute atomic E-state index is 0. The van der Waals surface area contributed by atoms with Crippen molar-refractivity contribution in [2.75, 3.05) is 27.2 Å². The van der Waals surface area contributed by atoms with Crippen LogP contribution in [0.1, 0.15) is 31.7 Å². The van der Waals surface area contributed by atoms with E-state index in [-0.39, 0.29) is 17.0 Å². The number of nitrogens with zero attached hydrogens (tertiary/aromatic N) is 1. The predicted octanol–water partition coefficient (Wildman–Crippen LogP) is 0.500. The molecule has 0 atom stereocenters. The maximum atomic E-state index is 2.34. The number of rotatable bonds is 7. The zero-order valence-corrected chi connectivity index (χ0v) is 13.0. The molecule has 0 N–H and O–H groups in total. The third kappa shape index (κ3) is 7.56. The molecule has 0 aliphatic heterocycles. The van der Waals surface area contributed by atoms with Gasteiger partial charge in [0.25, 0.3) is 0 Å². The van der Waals surface area contributed by atoms with Crippen LogP contribution in [0.15, 0.2) is 30.3 Å². The van der Waals surface area contributed by atoms with Crippen LogP contribution in [0.4, 0.5) is 0 Å². The second kappa shape index (κ2) is 8.71. The number of halogens is 1. The van der Waals surface area contributed by atoms with Crippen LogP contribution in [0, 0.1) is 0 Å². The number of quaternary nitrogens is 1. The quantitative estimate of drug-likeness (QED) is 0.508. The number of unbranched alkanes of at least 4 members (excludes halogenated alkanes) is 1. The highest BCUT2D eigenvalue weighted by Crippen LogP contribution is 2.07. The van der Waals surface area contributed by atoms with Crippen molar-refractivity contribution >= 4 is 0 Å². The predicted molar refractivity (Wildman–Crippen MR) is 71.5 cm³/mol. The summed E-state index contributed by atoms with van der Waals surface area (Å²) in [6.45, 7) is 4.87. The molecule has 0 radical (unpaired) electrons. The first-order valence-corrected chi connectivity index (χ1v) is 6.50. The molecule has 0 spiro atoms. The minimum atomic E-state index is 0. The molecule has 1 nitrogen and oxygen atoms in total. The van der Waals surface area contributed by atoms with Gasteiger partial charge in [0.15, 0.2) is 0 Å². The van der Waals surface area contributed by atoms with Crippen molar-refractivity contribution in [3.63, 3.8) is 0 Å². The molecule has 17 heavy (non-hydrogen) atoms. The molecule has 1 aromatic rings. The molecule has 0 aliphatic carbocycles. The van der Waals surface area contributed by atoms with Gasteiger partial charge < -0.3 is 21.5 Å². The van der Waals surface area contributed by atoms with Gasteiger partial charge in [-0.05, 0) is 31.2 Å². The van der Waals surface area contributed by atoms with Crippen molar-refractivity contribution in [2.45, 2.75) is 32.6 Å². The molecule has 1 rings (SSSR count). The third-order valence-corrected chi connectivity index (χ3v) is 3.15. The molecule has 0 aromatic heterocycles. The molecular weight excluding hydrogens is 274 g/mol. The Balaban J connectivity index is 0.00000256. The van der Waals surface area contributed by atoms with Crippen molar-refractivity contribution in [3.05, 3.63) is 35.9 Å². The lowest BCUT2D eigenvalue weighted by Gasteiger charge is -2.29. The number of aryl methyl sites for hydroxylation is 1. The lowest BCUT2D eigenvalue weighted by molar-refractivity contribution is -0.890. The van der Waals surface area contributed by atoms with Crippen LogP contribution in [0.5, 0.6) is 0 Å². The summed E-state index contributed by atoms with van der Waals surface area (Å²) in [5, 5.41) is 0. The fraction of sp³-hybridized carbons (Fsp3) is 0.600. The average Bonchev–Trinajstić information content (AvgIpc) is 2.26. The van der Waals surface area contributed by atoms with Crippen molar-refractivity contribution in [2.24, 2.45) is 0 Å². The lowest BCUT2D eigenvalue weighted by Crippen LogP contribution is -3.00. The minimum Gasteiger partial charge on any atom is -1.00 e. The summed E-state index contributed by atoms with van der Waals surface area (Å²) < 4.78 is 1.17. The summed E-state index contributed by atoms with van der Waals surface area (Å²) in [5.41, 5.74) is 1.48. The largest absolute Gasteiger partial charge is 1.00 e. The Kier molecular flexibility index (Phi) is 8.53. The molecule has 0 bridgehead atoms. The van der Waals surface area contributed by atoms with Gasteiger partial charge in [-0.2, -0.15) is 0 Å². The molecule has 0 amide bonds. The summed E-state index contributed by atoms with van der Waals surface area (Å²) in [5.74, 6) is 0. The Morgan fingerprint density at radius 3 is 2.18 bits per heavy atom.